The van der Waals surface area contributed by atoms with Crippen LogP contribution in [0.25, 0.3) is 0 Å². The smallest absolute Gasteiger partial charge is 0.339 e. The molecule has 0 radical (unpaired) electrons. The highest BCUT2D eigenvalue weighted by Gasteiger charge is 2.11. The van der Waals surface area contributed by atoms with E-state index >= 15 is 0 Å². The molecular formula is C14H19ClO4. The largest absolute Gasteiger partial charge is 0.490 e. The lowest BCUT2D eigenvalue weighted by atomic mass is 10.1. The molecule has 0 aliphatic heterocycles. The van der Waals surface area contributed by atoms with Gasteiger partial charge in [0.2, 0.25) is 0 Å². The fraction of sp³-hybridized carbons (Fsp3) is 0.500. The van der Waals surface area contributed by atoms with Crippen molar-refractivity contribution in [3.05, 3.63) is 28.8 Å². The fourth-order valence-electron chi connectivity index (χ4n) is 1.42. The third-order valence-corrected chi connectivity index (χ3v) is 2.73. The van der Waals surface area contributed by atoms with Crippen molar-refractivity contribution in [1.29, 1.82) is 0 Å². The number of carboxylic acids is 1. The molecule has 0 heterocycles. The van der Waals surface area contributed by atoms with Crippen molar-refractivity contribution in [2.75, 3.05) is 19.8 Å². The lowest BCUT2D eigenvalue weighted by molar-refractivity contribution is 0.0683. The van der Waals surface area contributed by atoms with E-state index in [9.17, 15) is 4.79 Å². The van der Waals surface area contributed by atoms with Gasteiger partial charge in [-0.05, 0) is 30.5 Å². The molecule has 0 saturated carbocycles. The average molecular weight is 287 g/mol. The van der Waals surface area contributed by atoms with Gasteiger partial charge in [-0.1, -0.05) is 25.4 Å². The van der Waals surface area contributed by atoms with Crippen LogP contribution in [0.3, 0.4) is 0 Å². The van der Waals surface area contributed by atoms with Gasteiger partial charge in [0.05, 0.1) is 6.61 Å². The lowest BCUT2D eigenvalue weighted by Gasteiger charge is -2.10. The lowest BCUT2D eigenvalue weighted by Crippen LogP contribution is -2.10. The van der Waals surface area contributed by atoms with Crippen LogP contribution in [-0.2, 0) is 4.74 Å². The minimum atomic E-state index is -1.03. The molecule has 0 aliphatic carbocycles. The quantitative estimate of drug-likeness (QED) is 0.743. The number of carboxylic acid groups (broad SMARTS) is 1. The summed E-state index contributed by atoms with van der Waals surface area (Å²) in [7, 11) is 0. The van der Waals surface area contributed by atoms with Gasteiger partial charge < -0.3 is 14.6 Å². The van der Waals surface area contributed by atoms with E-state index in [1.165, 1.54) is 18.2 Å². The number of ether oxygens (including phenoxy) is 2. The van der Waals surface area contributed by atoms with Crippen molar-refractivity contribution in [3.8, 4) is 5.75 Å². The van der Waals surface area contributed by atoms with Crippen molar-refractivity contribution in [1.82, 2.24) is 0 Å². The molecule has 0 atom stereocenters. The minimum Gasteiger partial charge on any atom is -0.490 e. The number of carbonyl (C=O) groups is 1. The summed E-state index contributed by atoms with van der Waals surface area (Å²) in [6.45, 7) is 5.68. The standard InChI is InChI=1S/C14H19ClO4/c1-10(2)5-6-18-7-8-19-13-9-11(15)3-4-12(13)14(16)17/h3-4,9-10H,5-8H2,1-2H3,(H,16,17). The molecule has 1 N–H and O–H groups in total. The van der Waals surface area contributed by atoms with Crippen LogP contribution in [-0.4, -0.2) is 30.9 Å². The van der Waals surface area contributed by atoms with Crippen LogP contribution in [0.4, 0.5) is 0 Å². The van der Waals surface area contributed by atoms with Crippen LogP contribution >= 0.6 is 11.6 Å². The molecule has 0 aromatic heterocycles. The van der Waals surface area contributed by atoms with E-state index in [0.717, 1.165) is 6.42 Å². The molecule has 106 valence electrons. The van der Waals surface area contributed by atoms with Gasteiger partial charge in [0.15, 0.2) is 0 Å². The Morgan fingerprint density at radius 3 is 2.68 bits per heavy atom. The zero-order valence-electron chi connectivity index (χ0n) is 11.2. The molecule has 0 aliphatic rings. The Hall–Kier alpha value is -1.26. The summed E-state index contributed by atoms with van der Waals surface area (Å²) >= 11 is 5.81. The number of hydrogen-bond acceptors (Lipinski definition) is 3. The highest BCUT2D eigenvalue weighted by molar-refractivity contribution is 6.30. The SMILES string of the molecule is CC(C)CCOCCOc1cc(Cl)ccc1C(=O)O. The van der Waals surface area contributed by atoms with Crippen molar-refractivity contribution < 1.29 is 19.4 Å². The Bertz CT molecular complexity index is 418. The molecule has 0 amide bonds. The van der Waals surface area contributed by atoms with Gasteiger partial charge in [0.25, 0.3) is 0 Å². The zero-order valence-corrected chi connectivity index (χ0v) is 11.9. The van der Waals surface area contributed by atoms with Gasteiger partial charge in [0, 0.05) is 11.6 Å². The van der Waals surface area contributed by atoms with Crippen molar-refractivity contribution in [3.63, 3.8) is 0 Å². The maximum atomic E-state index is 11.0. The van der Waals surface area contributed by atoms with Gasteiger partial charge in [-0.15, -0.1) is 0 Å². The van der Waals surface area contributed by atoms with E-state index in [-0.39, 0.29) is 11.3 Å². The molecule has 1 rings (SSSR count). The van der Waals surface area contributed by atoms with Gasteiger partial charge >= 0.3 is 5.97 Å². The van der Waals surface area contributed by atoms with Crippen LogP contribution in [0.15, 0.2) is 18.2 Å². The first kappa shape index (κ1) is 15.8. The monoisotopic (exact) mass is 286 g/mol. The molecule has 19 heavy (non-hydrogen) atoms. The molecule has 0 bridgehead atoms. The van der Waals surface area contributed by atoms with Crippen molar-refractivity contribution >= 4 is 17.6 Å². The van der Waals surface area contributed by atoms with Gasteiger partial charge in [-0.3, -0.25) is 0 Å². The average Bonchev–Trinajstić information content (AvgIpc) is 2.33. The number of hydrogen-bond donors (Lipinski definition) is 1. The van der Waals surface area contributed by atoms with E-state index in [4.69, 9.17) is 26.2 Å². The topological polar surface area (TPSA) is 55.8 Å². The van der Waals surface area contributed by atoms with Crippen LogP contribution in [0.2, 0.25) is 5.02 Å². The second-order valence-electron chi connectivity index (χ2n) is 4.59. The van der Waals surface area contributed by atoms with E-state index < -0.39 is 5.97 Å². The molecule has 1 aromatic carbocycles. The maximum absolute atomic E-state index is 11.0. The van der Waals surface area contributed by atoms with E-state index in [0.29, 0.717) is 30.8 Å². The Morgan fingerprint density at radius 1 is 1.32 bits per heavy atom. The van der Waals surface area contributed by atoms with Crippen LogP contribution in [0, 0.1) is 5.92 Å². The number of halogens is 1. The third-order valence-electron chi connectivity index (χ3n) is 2.50. The summed E-state index contributed by atoms with van der Waals surface area (Å²) in [5.74, 6) is -0.160. The van der Waals surface area contributed by atoms with Crippen LogP contribution in [0.5, 0.6) is 5.75 Å². The Labute approximate surface area is 118 Å². The summed E-state index contributed by atoms with van der Waals surface area (Å²) in [6, 6.07) is 4.45. The van der Waals surface area contributed by atoms with Crippen LogP contribution < -0.4 is 4.74 Å². The number of aromatic carboxylic acids is 1. The first-order chi connectivity index (χ1) is 9.00. The van der Waals surface area contributed by atoms with E-state index in [1.807, 2.05) is 0 Å². The Morgan fingerprint density at radius 2 is 2.05 bits per heavy atom. The molecule has 0 unspecified atom stereocenters. The molecule has 0 spiro atoms. The van der Waals surface area contributed by atoms with E-state index in [1.54, 1.807) is 0 Å². The minimum absolute atomic E-state index is 0.103. The maximum Gasteiger partial charge on any atom is 0.339 e. The second-order valence-corrected chi connectivity index (χ2v) is 5.03. The highest BCUT2D eigenvalue weighted by Crippen LogP contribution is 2.23. The third kappa shape index (κ3) is 5.94. The van der Waals surface area contributed by atoms with Crippen molar-refractivity contribution in [2.45, 2.75) is 20.3 Å². The van der Waals surface area contributed by atoms with Gasteiger partial charge in [-0.25, -0.2) is 4.79 Å². The first-order valence-corrected chi connectivity index (χ1v) is 6.62. The number of benzene rings is 1. The van der Waals surface area contributed by atoms with Crippen LogP contribution in [0.1, 0.15) is 30.6 Å². The number of rotatable bonds is 8. The fourth-order valence-corrected chi connectivity index (χ4v) is 1.59. The molecule has 0 saturated heterocycles. The molecule has 0 fully saturated rings. The summed E-state index contributed by atoms with van der Waals surface area (Å²) in [4.78, 5) is 11.0. The Kier molecular flexibility index (Phi) is 6.67. The molecule has 5 heteroatoms. The van der Waals surface area contributed by atoms with E-state index in [2.05, 4.69) is 13.8 Å². The zero-order chi connectivity index (χ0) is 14.3. The van der Waals surface area contributed by atoms with Crippen molar-refractivity contribution in [2.24, 2.45) is 5.92 Å². The first-order valence-electron chi connectivity index (χ1n) is 6.24. The Balaban J connectivity index is 2.40. The molecule has 1 aromatic rings. The summed E-state index contributed by atoms with van der Waals surface area (Å²) in [5.41, 5.74) is 0.103. The summed E-state index contributed by atoms with van der Waals surface area (Å²) in [5, 5.41) is 9.45. The molecule has 4 nitrogen and oxygen atoms in total. The molecular weight excluding hydrogens is 268 g/mol. The second kappa shape index (κ2) is 8.02. The predicted molar refractivity (Wildman–Crippen MR) is 74.2 cm³/mol. The summed E-state index contributed by atoms with van der Waals surface area (Å²) in [6.07, 6.45) is 0.998. The summed E-state index contributed by atoms with van der Waals surface area (Å²) < 4.78 is 10.8. The van der Waals surface area contributed by atoms with Gasteiger partial charge in [0.1, 0.15) is 17.9 Å². The normalized spacial score (nSPS) is 10.7. The predicted octanol–water partition coefficient (Wildman–Crippen LogP) is 3.48. The highest BCUT2D eigenvalue weighted by atomic mass is 35.5. The van der Waals surface area contributed by atoms with Gasteiger partial charge in [-0.2, -0.15) is 0 Å².